The van der Waals surface area contributed by atoms with Crippen LogP contribution in [0.15, 0.2) is 9.32 Å². The molecule has 2 aromatic heterocycles. The van der Waals surface area contributed by atoms with E-state index in [0.717, 1.165) is 0 Å². The second kappa shape index (κ2) is 2.13. The summed E-state index contributed by atoms with van der Waals surface area (Å²) in [4.78, 5) is 14.3. The van der Waals surface area contributed by atoms with Crippen LogP contribution in [-0.2, 0) is 7.05 Å². The van der Waals surface area contributed by atoms with E-state index in [9.17, 15) is 4.79 Å². The Hall–Kier alpha value is -1.72. The Morgan fingerprint density at radius 3 is 3.00 bits per heavy atom. The maximum Gasteiger partial charge on any atom is 0.461 e. The smallest absolute Gasteiger partial charge is 0.296 e. The van der Waals surface area contributed by atoms with Gasteiger partial charge < -0.3 is 0 Å². The zero-order valence-corrected chi connectivity index (χ0v) is 6.61. The SMILES string of the molecule is Cc1nn(C)c2nc(=O)onc12. The molecule has 62 valence electrons. The largest absolute Gasteiger partial charge is 0.461 e. The Kier molecular flexibility index (Phi) is 1.24. The van der Waals surface area contributed by atoms with Crippen molar-refractivity contribution in [2.45, 2.75) is 6.92 Å². The molecule has 2 heterocycles. The van der Waals surface area contributed by atoms with E-state index in [0.29, 0.717) is 16.9 Å². The zero-order valence-electron chi connectivity index (χ0n) is 6.61. The molecule has 0 bridgehead atoms. The summed E-state index contributed by atoms with van der Waals surface area (Å²) < 4.78 is 5.86. The summed E-state index contributed by atoms with van der Waals surface area (Å²) in [6, 6.07) is 0. The first-order chi connectivity index (χ1) is 5.68. The number of aryl methyl sites for hydroxylation is 2. The number of fused-ring (bicyclic) bond motifs is 1. The quantitative estimate of drug-likeness (QED) is 0.533. The molecule has 0 unspecified atom stereocenters. The van der Waals surface area contributed by atoms with Gasteiger partial charge in [-0.05, 0) is 6.92 Å². The van der Waals surface area contributed by atoms with Gasteiger partial charge in [0.2, 0.25) is 0 Å². The minimum Gasteiger partial charge on any atom is -0.296 e. The molecule has 2 aromatic rings. The lowest BCUT2D eigenvalue weighted by atomic mass is 10.4. The van der Waals surface area contributed by atoms with Crippen LogP contribution < -0.4 is 5.76 Å². The topological polar surface area (TPSA) is 73.8 Å². The number of nitrogens with zero attached hydrogens (tertiary/aromatic N) is 4. The van der Waals surface area contributed by atoms with Crippen molar-refractivity contribution in [3.63, 3.8) is 0 Å². The number of rotatable bonds is 0. The van der Waals surface area contributed by atoms with Gasteiger partial charge >= 0.3 is 5.76 Å². The summed E-state index contributed by atoms with van der Waals surface area (Å²) >= 11 is 0. The van der Waals surface area contributed by atoms with E-state index in [4.69, 9.17) is 0 Å². The molecule has 0 saturated carbocycles. The first-order valence-electron chi connectivity index (χ1n) is 3.36. The highest BCUT2D eigenvalue weighted by Gasteiger charge is 2.08. The van der Waals surface area contributed by atoms with Crippen LogP contribution in [0.4, 0.5) is 0 Å². The average molecular weight is 166 g/mol. The van der Waals surface area contributed by atoms with Gasteiger partial charge in [-0.25, -0.2) is 9.48 Å². The monoisotopic (exact) mass is 166 g/mol. The summed E-state index contributed by atoms with van der Waals surface area (Å²) in [5.74, 6) is -0.703. The molecule has 0 spiro atoms. The van der Waals surface area contributed by atoms with Gasteiger partial charge in [0, 0.05) is 7.05 Å². The molecule has 0 fully saturated rings. The van der Waals surface area contributed by atoms with Gasteiger partial charge in [0.05, 0.1) is 5.69 Å². The predicted molar refractivity (Wildman–Crippen MR) is 39.6 cm³/mol. The van der Waals surface area contributed by atoms with Gasteiger partial charge in [-0.2, -0.15) is 10.1 Å². The highest BCUT2D eigenvalue weighted by Crippen LogP contribution is 2.08. The maximum absolute atomic E-state index is 10.7. The van der Waals surface area contributed by atoms with Gasteiger partial charge in [0.1, 0.15) is 0 Å². The molecule has 12 heavy (non-hydrogen) atoms. The van der Waals surface area contributed by atoms with E-state index < -0.39 is 5.76 Å². The Bertz CT molecular complexity index is 484. The minimum atomic E-state index is -0.703. The second-order valence-corrected chi connectivity index (χ2v) is 2.44. The average Bonchev–Trinajstić information content (AvgIpc) is 2.28. The van der Waals surface area contributed by atoms with Gasteiger partial charge in [-0.3, -0.25) is 4.52 Å². The van der Waals surface area contributed by atoms with Crippen LogP contribution >= 0.6 is 0 Å². The first-order valence-corrected chi connectivity index (χ1v) is 3.36. The third-order valence-electron chi connectivity index (χ3n) is 1.57. The number of hydrogen-bond acceptors (Lipinski definition) is 5. The molecule has 2 rings (SSSR count). The Morgan fingerprint density at radius 2 is 2.25 bits per heavy atom. The van der Waals surface area contributed by atoms with Gasteiger partial charge in [-0.15, -0.1) is 0 Å². The van der Waals surface area contributed by atoms with E-state index in [1.54, 1.807) is 14.0 Å². The first kappa shape index (κ1) is 6.96. The van der Waals surface area contributed by atoms with Crippen molar-refractivity contribution in [2.24, 2.45) is 7.05 Å². The third kappa shape index (κ3) is 0.810. The van der Waals surface area contributed by atoms with Crippen molar-refractivity contribution >= 4 is 11.2 Å². The summed E-state index contributed by atoms with van der Waals surface area (Å²) in [5.41, 5.74) is 1.67. The molecule has 0 radical (unpaired) electrons. The van der Waals surface area contributed by atoms with E-state index in [-0.39, 0.29) is 0 Å². The normalized spacial score (nSPS) is 10.8. The lowest BCUT2D eigenvalue weighted by Crippen LogP contribution is -2.06. The van der Waals surface area contributed by atoms with Crippen molar-refractivity contribution in [1.29, 1.82) is 0 Å². The molecular weight excluding hydrogens is 160 g/mol. The van der Waals surface area contributed by atoms with Crippen molar-refractivity contribution in [3.8, 4) is 0 Å². The molecule has 6 heteroatoms. The van der Waals surface area contributed by atoms with Gasteiger partial charge in [0.25, 0.3) is 0 Å². The highest BCUT2D eigenvalue weighted by molar-refractivity contribution is 5.71. The molecule has 0 aliphatic carbocycles. The highest BCUT2D eigenvalue weighted by atomic mass is 16.5. The third-order valence-corrected chi connectivity index (χ3v) is 1.57. The van der Waals surface area contributed by atoms with Crippen molar-refractivity contribution in [1.82, 2.24) is 19.9 Å². The summed E-state index contributed by atoms with van der Waals surface area (Å²) in [6.45, 7) is 1.77. The molecule has 0 aliphatic rings. The Labute approximate surface area is 66.8 Å². The summed E-state index contributed by atoms with van der Waals surface area (Å²) in [5, 5.41) is 7.59. The van der Waals surface area contributed by atoms with E-state index in [1.807, 2.05) is 0 Å². The molecular formula is C6H6N4O2. The van der Waals surface area contributed by atoms with Gasteiger partial charge in [-0.1, -0.05) is 5.16 Å². The van der Waals surface area contributed by atoms with E-state index in [1.165, 1.54) is 4.68 Å². The number of aromatic nitrogens is 4. The van der Waals surface area contributed by atoms with Gasteiger partial charge in [0.15, 0.2) is 11.2 Å². The minimum absolute atomic E-state index is 0.448. The van der Waals surface area contributed by atoms with E-state index in [2.05, 4.69) is 19.8 Å². The summed E-state index contributed by atoms with van der Waals surface area (Å²) in [7, 11) is 1.70. The second-order valence-electron chi connectivity index (χ2n) is 2.44. The fourth-order valence-corrected chi connectivity index (χ4v) is 1.06. The molecule has 0 saturated heterocycles. The van der Waals surface area contributed by atoms with Crippen molar-refractivity contribution in [2.75, 3.05) is 0 Å². The molecule has 0 amide bonds. The van der Waals surface area contributed by atoms with Crippen molar-refractivity contribution < 1.29 is 4.52 Å². The Morgan fingerprint density at radius 1 is 1.50 bits per heavy atom. The lowest BCUT2D eigenvalue weighted by Gasteiger charge is -1.86. The summed E-state index contributed by atoms with van der Waals surface area (Å²) in [6.07, 6.45) is 0. The van der Waals surface area contributed by atoms with E-state index >= 15 is 0 Å². The van der Waals surface area contributed by atoms with Crippen LogP contribution in [-0.4, -0.2) is 19.9 Å². The van der Waals surface area contributed by atoms with Crippen LogP contribution in [0.2, 0.25) is 0 Å². The van der Waals surface area contributed by atoms with Crippen LogP contribution in [0.3, 0.4) is 0 Å². The Balaban J connectivity index is 3.00. The lowest BCUT2D eigenvalue weighted by molar-refractivity contribution is 0.363. The predicted octanol–water partition coefficient (Wildman–Crippen LogP) is -0.375. The van der Waals surface area contributed by atoms with Crippen LogP contribution in [0.1, 0.15) is 5.69 Å². The molecule has 6 nitrogen and oxygen atoms in total. The maximum atomic E-state index is 10.7. The number of hydrogen-bond donors (Lipinski definition) is 0. The molecule has 0 aromatic carbocycles. The molecule has 0 aliphatic heterocycles. The molecule has 0 atom stereocenters. The standard InChI is InChI=1S/C6H6N4O2/c1-3-4-5(10(2)8-3)7-6(11)12-9-4/h1-2H3. The zero-order chi connectivity index (χ0) is 8.72. The molecule has 0 N–H and O–H groups in total. The van der Waals surface area contributed by atoms with Crippen molar-refractivity contribution in [3.05, 3.63) is 16.2 Å². The van der Waals surface area contributed by atoms with Crippen LogP contribution in [0, 0.1) is 6.92 Å². The van der Waals surface area contributed by atoms with Crippen LogP contribution in [0.5, 0.6) is 0 Å². The fraction of sp³-hybridized carbons (Fsp3) is 0.333. The van der Waals surface area contributed by atoms with Crippen LogP contribution in [0.25, 0.3) is 11.2 Å². The fourth-order valence-electron chi connectivity index (χ4n) is 1.06.